The number of piperidine rings is 1. The molecule has 2 aliphatic heterocycles. The van der Waals surface area contributed by atoms with Gasteiger partial charge in [-0.25, -0.2) is 5.43 Å². The monoisotopic (exact) mass is 663 g/mol. The molecule has 200 valence electrons. The molecule has 0 radical (unpaired) electrons. The number of anilines is 3. The van der Waals surface area contributed by atoms with Crippen LogP contribution in [-0.4, -0.2) is 60.6 Å². The number of aromatic nitrogens is 3. The summed E-state index contributed by atoms with van der Waals surface area (Å²) >= 11 is 13.5. The minimum atomic E-state index is 0.357. The number of halogens is 3. The van der Waals surface area contributed by atoms with E-state index in [0.717, 1.165) is 59.1 Å². The van der Waals surface area contributed by atoms with Gasteiger partial charge in [0.1, 0.15) is 12.4 Å². The highest BCUT2D eigenvalue weighted by atomic mass is 79.9. The molecular formula is C26H28Br2ClN7O2. The first-order chi connectivity index (χ1) is 18.6. The van der Waals surface area contributed by atoms with Gasteiger partial charge in [0.25, 0.3) is 0 Å². The minimum absolute atomic E-state index is 0.357. The molecule has 2 aliphatic rings. The molecule has 1 N–H and O–H groups in total. The van der Waals surface area contributed by atoms with Crippen molar-refractivity contribution in [2.75, 3.05) is 54.6 Å². The van der Waals surface area contributed by atoms with Crippen LogP contribution < -0.4 is 20.0 Å². The van der Waals surface area contributed by atoms with E-state index in [1.165, 1.54) is 6.42 Å². The highest BCUT2D eigenvalue weighted by Crippen LogP contribution is 2.35. The molecule has 0 spiro atoms. The van der Waals surface area contributed by atoms with Gasteiger partial charge in [-0.1, -0.05) is 29.8 Å². The predicted molar refractivity (Wildman–Crippen MR) is 158 cm³/mol. The summed E-state index contributed by atoms with van der Waals surface area (Å²) in [5.41, 5.74) is 4.78. The van der Waals surface area contributed by atoms with Gasteiger partial charge in [-0.2, -0.15) is 20.1 Å². The van der Waals surface area contributed by atoms with Crippen LogP contribution in [0.25, 0.3) is 0 Å². The topological polar surface area (TPSA) is 88.0 Å². The quantitative estimate of drug-likeness (QED) is 0.235. The summed E-state index contributed by atoms with van der Waals surface area (Å²) in [6, 6.07) is 11.5. The molecule has 9 nitrogen and oxygen atoms in total. The van der Waals surface area contributed by atoms with Crippen LogP contribution in [0.2, 0.25) is 5.02 Å². The Bertz CT molecular complexity index is 1220. The van der Waals surface area contributed by atoms with Crippen molar-refractivity contribution in [2.45, 2.75) is 25.9 Å². The van der Waals surface area contributed by atoms with Crippen LogP contribution in [0.4, 0.5) is 17.8 Å². The van der Waals surface area contributed by atoms with Crippen molar-refractivity contribution in [3.05, 3.63) is 61.5 Å². The van der Waals surface area contributed by atoms with Crippen molar-refractivity contribution < 1.29 is 9.47 Å². The highest BCUT2D eigenvalue weighted by molar-refractivity contribution is 9.11. The van der Waals surface area contributed by atoms with Gasteiger partial charge in [0.15, 0.2) is 0 Å². The van der Waals surface area contributed by atoms with Crippen LogP contribution in [-0.2, 0) is 11.3 Å². The lowest BCUT2D eigenvalue weighted by Gasteiger charge is -2.30. The van der Waals surface area contributed by atoms with E-state index in [-0.39, 0.29) is 0 Å². The molecule has 2 saturated heterocycles. The van der Waals surface area contributed by atoms with Gasteiger partial charge >= 0.3 is 0 Å². The molecule has 5 rings (SSSR count). The highest BCUT2D eigenvalue weighted by Gasteiger charge is 2.20. The summed E-state index contributed by atoms with van der Waals surface area (Å²) in [7, 11) is 0. The van der Waals surface area contributed by atoms with E-state index in [4.69, 9.17) is 26.1 Å². The normalized spacial score (nSPS) is 16.2. The molecule has 2 aromatic carbocycles. The summed E-state index contributed by atoms with van der Waals surface area (Å²) in [4.78, 5) is 18.4. The van der Waals surface area contributed by atoms with E-state index < -0.39 is 0 Å². The second-order valence-electron chi connectivity index (χ2n) is 8.97. The Hall–Kier alpha value is -2.47. The Morgan fingerprint density at radius 2 is 1.61 bits per heavy atom. The molecule has 2 fully saturated rings. The van der Waals surface area contributed by atoms with Crippen LogP contribution in [0.5, 0.6) is 5.75 Å². The van der Waals surface area contributed by atoms with Crippen molar-refractivity contribution in [3.8, 4) is 5.75 Å². The number of hydrogen-bond acceptors (Lipinski definition) is 9. The molecule has 0 saturated carbocycles. The Balaban J connectivity index is 1.30. The smallest absolute Gasteiger partial charge is 0.250 e. The van der Waals surface area contributed by atoms with Crippen LogP contribution in [0.1, 0.15) is 30.4 Å². The molecule has 0 atom stereocenters. The van der Waals surface area contributed by atoms with Crippen LogP contribution >= 0.6 is 43.5 Å². The van der Waals surface area contributed by atoms with Crippen molar-refractivity contribution in [2.24, 2.45) is 5.10 Å². The lowest BCUT2D eigenvalue weighted by molar-refractivity contribution is 0.122. The number of hydrazone groups is 1. The molecule has 1 aromatic heterocycles. The van der Waals surface area contributed by atoms with Crippen molar-refractivity contribution in [3.63, 3.8) is 0 Å². The average molecular weight is 666 g/mol. The number of morpholine rings is 1. The number of ether oxygens (including phenoxy) is 2. The third-order valence-electron chi connectivity index (χ3n) is 6.27. The molecule has 0 unspecified atom stereocenters. The average Bonchev–Trinajstić information content (AvgIpc) is 2.94. The van der Waals surface area contributed by atoms with E-state index in [1.54, 1.807) is 6.21 Å². The predicted octanol–water partition coefficient (Wildman–Crippen LogP) is 5.90. The maximum atomic E-state index is 6.26. The summed E-state index contributed by atoms with van der Waals surface area (Å²) in [6.45, 7) is 5.07. The zero-order chi connectivity index (χ0) is 26.3. The van der Waals surface area contributed by atoms with Gasteiger partial charge in [-0.05, 0) is 74.9 Å². The molecule has 0 bridgehead atoms. The SMILES string of the molecule is Clc1ccccc1COc1c(Br)cc(/C=N/Nc2nc(N3CCCCC3)nc(N3CCOCC3)n2)cc1Br. The number of benzene rings is 2. The number of hydrogen-bond donors (Lipinski definition) is 1. The van der Waals surface area contributed by atoms with Crippen molar-refractivity contribution >= 4 is 67.5 Å². The summed E-state index contributed by atoms with van der Waals surface area (Å²) in [5.74, 6) is 2.43. The van der Waals surface area contributed by atoms with Crippen molar-refractivity contribution in [1.82, 2.24) is 15.0 Å². The number of rotatable bonds is 8. The molecular weight excluding hydrogens is 638 g/mol. The van der Waals surface area contributed by atoms with Crippen molar-refractivity contribution in [1.29, 1.82) is 0 Å². The molecule has 12 heteroatoms. The maximum absolute atomic E-state index is 6.26. The fourth-order valence-electron chi connectivity index (χ4n) is 4.27. The molecule has 0 aliphatic carbocycles. The van der Waals surface area contributed by atoms with E-state index >= 15 is 0 Å². The van der Waals surface area contributed by atoms with Gasteiger partial charge in [0.05, 0.1) is 28.4 Å². The van der Waals surface area contributed by atoms with E-state index in [0.29, 0.717) is 48.4 Å². The van der Waals surface area contributed by atoms with Gasteiger partial charge in [-0.3, -0.25) is 0 Å². The maximum Gasteiger partial charge on any atom is 0.250 e. The Labute approximate surface area is 243 Å². The molecule has 38 heavy (non-hydrogen) atoms. The number of nitrogens with zero attached hydrogens (tertiary/aromatic N) is 6. The molecule has 3 aromatic rings. The fraction of sp³-hybridized carbons (Fsp3) is 0.385. The van der Waals surface area contributed by atoms with Crippen LogP contribution in [0.15, 0.2) is 50.4 Å². The Morgan fingerprint density at radius 1 is 0.947 bits per heavy atom. The first-order valence-electron chi connectivity index (χ1n) is 12.5. The summed E-state index contributed by atoms with van der Waals surface area (Å²) in [5, 5.41) is 5.09. The summed E-state index contributed by atoms with van der Waals surface area (Å²) < 4.78 is 13.1. The minimum Gasteiger partial charge on any atom is -0.486 e. The first kappa shape index (κ1) is 27.1. The Morgan fingerprint density at radius 3 is 2.29 bits per heavy atom. The van der Waals surface area contributed by atoms with E-state index in [1.807, 2.05) is 36.4 Å². The van der Waals surface area contributed by atoms with Gasteiger partial charge < -0.3 is 19.3 Å². The first-order valence-corrected chi connectivity index (χ1v) is 14.5. The van der Waals surface area contributed by atoms with Gasteiger partial charge in [-0.15, -0.1) is 0 Å². The zero-order valence-electron chi connectivity index (χ0n) is 20.7. The second-order valence-corrected chi connectivity index (χ2v) is 11.1. The zero-order valence-corrected chi connectivity index (χ0v) is 24.7. The van der Waals surface area contributed by atoms with Crippen LogP contribution in [0.3, 0.4) is 0 Å². The van der Waals surface area contributed by atoms with Gasteiger partial charge in [0.2, 0.25) is 17.8 Å². The third kappa shape index (κ3) is 6.93. The fourth-order valence-corrected chi connectivity index (χ4v) is 5.91. The molecule has 0 amide bonds. The van der Waals surface area contributed by atoms with Crippen LogP contribution in [0, 0.1) is 0 Å². The molecule has 3 heterocycles. The van der Waals surface area contributed by atoms with E-state index in [9.17, 15) is 0 Å². The lowest BCUT2D eigenvalue weighted by Crippen LogP contribution is -2.38. The Kier molecular flexibility index (Phi) is 9.31. The third-order valence-corrected chi connectivity index (χ3v) is 7.82. The largest absolute Gasteiger partial charge is 0.486 e. The lowest BCUT2D eigenvalue weighted by atomic mass is 10.1. The van der Waals surface area contributed by atoms with E-state index in [2.05, 4.69) is 62.2 Å². The summed E-state index contributed by atoms with van der Waals surface area (Å²) in [6.07, 6.45) is 5.23. The second kappa shape index (κ2) is 13.1. The number of nitrogens with one attached hydrogen (secondary N) is 1. The standard InChI is InChI=1S/C26H28Br2ClN7O2/c27-20-14-18(15-21(28)23(20)38-17-19-6-2-3-7-22(19)29)16-30-34-24-31-25(35-8-4-1-5-9-35)33-26(32-24)36-10-12-37-13-11-36/h2-3,6-7,14-16H,1,4-5,8-13,17H2,(H,31,32,33,34)/b30-16+. The van der Waals surface area contributed by atoms with Gasteiger partial charge in [0, 0.05) is 36.8 Å².